The van der Waals surface area contributed by atoms with Crippen molar-refractivity contribution in [2.24, 2.45) is 11.3 Å². The molecule has 2 aliphatic heterocycles. The van der Waals surface area contributed by atoms with Crippen molar-refractivity contribution in [2.45, 2.75) is 18.2 Å². The van der Waals surface area contributed by atoms with Crippen molar-refractivity contribution in [3.8, 4) is 0 Å². The Morgan fingerprint density at radius 1 is 1.46 bits per heavy atom. The second-order valence-electron chi connectivity index (χ2n) is 6.63. The van der Waals surface area contributed by atoms with Gasteiger partial charge in [0.05, 0.1) is 23.7 Å². The van der Waals surface area contributed by atoms with E-state index in [1.165, 1.54) is 22.5 Å². The number of fused-ring (bicyclic) bond motifs is 1. The largest absolute Gasteiger partial charge is 0.478 e. The fraction of sp³-hybridized carbons (Fsp3) is 0.562. The van der Waals surface area contributed by atoms with E-state index in [9.17, 15) is 18.3 Å². The van der Waals surface area contributed by atoms with Gasteiger partial charge in [-0.1, -0.05) is 6.07 Å². The summed E-state index contributed by atoms with van der Waals surface area (Å²) in [4.78, 5) is 11.2. The number of carbonyl (C=O) groups is 1. The van der Waals surface area contributed by atoms with E-state index in [0.29, 0.717) is 25.2 Å². The number of nitrogens with zero attached hydrogens (tertiary/aromatic N) is 1. The Balaban J connectivity index is 1.97. The van der Waals surface area contributed by atoms with Crippen LogP contribution in [0.15, 0.2) is 23.1 Å². The molecule has 0 radical (unpaired) electrons. The molecule has 2 aliphatic rings. The Morgan fingerprint density at radius 2 is 2.21 bits per heavy atom. The Hall–Kier alpha value is -1.48. The molecule has 8 heteroatoms. The predicted octanol–water partition coefficient (Wildman–Crippen LogP) is 0.713. The minimum absolute atomic E-state index is 0.00931. The van der Waals surface area contributed by atoms with E-state index >= 15 is 0 Å². The molecule has 0 aromatic heterocycles. The van der Waals surface area contributed by atoms with E-state index in [2.05, 4.69) is 0 Å². The van der Waals surface area contributed by atoms with Crippen LogP contribution in [0.5, 0.6) is 0 Å². The number of aryl methyl sites for hydroxylation is 1. The highest BCUT2D eigenvalue weighted by Crippen LogP contribution is 2.43. The van der Waals surface area contributed by atoms with Gasteiger partial charge in [0, 0.05) is 31.0 Å². The van der Waals surface area contributed by atoms with Crippen LogP contribution < -0.4 is 0 Å². The number of benzene rings is 1. The number of carboxylic acid groups (broad SMARTS) is 1. The molecule has 2 N–H and O–H groups in total. The van der Waals surface area contributed by atoms with Gasteiger partial charge in [-0.2, -0.15) is 4.31 Å². The highest BCUT2D eigenvalue weighted by Gasteiger charge is 2.51. The van der Waals surface area contributed by atoms with Crippen LogP contribution >= 0.6 is 0 Å². The summed E-state index contributed by atoms with van der Waals surface area (Å²) in [6.45, 7) is 3.02. The number of hydrogen-bond donors (Lipinski definition) is 2. The molecule has 2 fully saturated rings. The van der Waals surface area contributed by atoms with Crippen molar-refractivity contribution in [1.29, 1.82) is 0 Å². The van der Waals surface area contributed by atoms with Crippen molar-refractivity contribution >= 4 is 16.0 Å². The summed E-state index contributed by atoms with van der Waals surface area (Å²) in [6.07, 6.45) is 0.619. The zero-order valence-electron chi connectivity index (χ0n) is 13.4. The van der Waals surface area contributed by atoms with Gasteiger partial charge in [-0.15, -0.1) is 0 Å². The topological polar surface area (TPSA) is 104 Å². The highest BCUT2D eigenvalue weighted by atomic mass is 32.2. The van der Waals surface area contributed by atoms with Gasteiger partial charge >= 0.3 is 5.97 Å². The smallest absolute Gasteiger partial charge is 0.335 e. The van der Waals surface area contributed by atoms with Gasteiger partial charge in [0.15, 0.2) is 0 Å². The minimum atomic E-state index is -3.83. The van der Waals surface area contributed by atoms with Crippen molar-refractivity contribution in [1.82, 2.24) is 4.31 Å². The molecule has 0 spiro atoms. The molecule has 132 valence electrons. The summed E-state index contributed by atoms with van der Waals surface area (Å²) in [5.74, 6) is -1.21. The number of aromatic carboxylic acids is 1. The first-order chi connectivity index (χ1) is 11.3. The van der Waals surface area contributed by atoms with Gasteiger partial charge in [-0.05, 0) is 31.0 Å². The maximum atomic E-state index is 13.0. The molecule has 3 rings (SSSR count). The summed E-state index contributed by atoms with van der Waals surface area (Å²) >= 11 is 0. The number of carboxylic acids is 1. The Bertz CT molecular complexity index is 762. The fourth-order valence-corrected chi connectivity index (χ4v) is 5.42. The molecule has 0 saturated carbocycles. The van der Waals surface area contributed by atoms with Crippen LogP contribution in [0.4, 0.5) is 0 Å². The number of aliphatic hydroxyl groups excluding tert-OH is 1. The molecule has 0 bridgehead atoms. The molecular formula is C16H21NO6S. The third-order valence-corrected chi connectivity index (χ3v) is 7.17. The molecule has 2 atom stereocenters. The first-order valence-electron chi connectivity index (χ1n) is 7.83. The van der Waals surface area contributed by atoms with Gasteiger partial charge in [0.1, 0.15) is 0 Å². The lowest BCUT2D eigenvalue weighted by molar-refractivity contribution is -0.0414. The van der Waals surface area contributed by atoms with Gasteiger partial charge in [0.2, 0.25) is 10.0 Å². The average Bonchev–Trinajstić information content (AvgIpc) is 2.96. The maximum Gasteiger partial charge on any atom is 0.335 e. The molecule has 24 heavy (non-hydrogen) atoms. The van der Waals surface area contributed by atoms with E-state index in [4.69, 9.17) is 9.84 Å². The second-order valence-corrected chi connectivity index (χ2v) is 8.53. The van der Waals surface area contributed by atoms with Crippen molar-refractivity contribution in [3.05, 3.63) is 29.3 Å². The highest BCUT2D eigenvalue weighted by molar-refractivity contribution is 7.89. The molecule has 0 unspecified atom stereocenters. The van der Waals surface area contributed by atoms with Gasteiger partial charge in [0.25, 0.3) is 0 Å². The third-order valence-electron chi connectivity index (χ3n) is 5.21. The van der Waals surface area contributed by atoms with Gasteiger partial charge < -0.3 is 14.9 Å². The van der Waals surface area contributed by atoms with E-state index < -0.39 is 21.4 Å². The first kappa shape index (κ1) is 17.3. The van der Waals surface area contributed by atoms with Crippen LogP contribution in [0.3, 0.4) is 0 Å². The van der Waals surface area contributed by atoms with Crippen LogP contribution in [-0.2, 0) is 14.8 Å². The lowest BCUT2D eigenvalue weighted by Gasteiger charge is -2.36. The number of rotatable bonds is 4. The van der Waals surface area contributed by atoms with Crippen LogP contribution in [-0.4, -0.2) is 61.8 Å². The first-order valence-corrected chi connectivity index (χ1v) is 9.27. The summed E-state index contributed by atoms with van der Waals surface area (Å²) in [5, 5.41) is 18.9. The number of aliphatic hydroxyl groups is 1. The Kier molecular flexibility index (Phi) is 4.41. The zero-order valence-corrected chi connectivity index (χ0v) is 14.3. The van der Waals surface area contributed by atoms with Gasteiger partial charge in [-0.3, -0.25) is 0 Å². The normalized spacial score (nSPS) is 27.8. The quantitative estimate of drug-likeness (QED) is 0.824. The van der Waals surface area contributed by atoms with Crippen molar-refractivity contribution < 1.29 is 28.2 Å². The number of hydrogen-bond acceptors (Lipinski definition) is 5. The molecule has 0 amide bonds. The SMILES string of the molecule is Cc1ccc(C(=O)O)cc1S(=O)(=O)N1C[C@@H]2COCC[C@]2(CO)C1. The molecule has 7 nitrogen and oxygen atoms in total. The monoisotopic (exact) mass is 355 g/mol. The molecule has 0 aliphatic carbocycles. The summed E-state index contributed by atoms with van der Waals surface area (Å²) < 4.78 is 32.9. The molecular weight excluding hydrogens is 334 g/mol. The van der Waals surface area contributed by atoms with E-state index in [0.717, 1.165) is 0 Å². The van der Waals surface area contributed by atoms with E-state index in [-0.39, 0.29) is 36.1 Å². The fourth-order valence-electron chi connectivity index (χ4n) is 3.59. The lowest BCUT2D eigenvalue weighted by atomic mass is 9.75. The third kappa shape index (κ3) is 2.73. The average molecular weight is 355 g/mol. The maximum absolute atomic E-state index is 13.0. The van der Waals surface area contributed by atoms with Crippen molar-refractivity contribution in [2.75, 3.05) is 32.9 Å². The predicted molar refractivity (Wildman–Crippen MR) is 85.3 cm³/mol. The molecule has 2 saturated heterocycles. The van der Waals surface area contributed by atoms with Crippen LogP contribution in [0.25, 0.3) is 0 Å². The summed E-state index contributed by atoms with van der Waals surface area (Å²) in [6, 6.07) is 4.10. The zero-order chi connectivity index (χ0) is 17.5. The lowest BCUT2D eigenvalue weighted by Crippen LogP contribution is -2.41. The van der Waals surface area contributed by atoms with E-state index in [1.54, 1.807) is 6.92 Å². The number of sulfonamides is 1. The van der Waals surface area contributed by atoms with Crippen LogP contribution in [0.2, 0.25) is 0 Å². The van der Waals surface area contributed by atoms with Gasteiger partial charge in [-0.25, -0.2) is 13.2 Å². The molecule has 1 aromatic rings. The number of ether oxygens (including phenoxy) is 1. The van der Waals surface area contributed by atoms with Crippen LogP contribution in [0.1, 0.15) is 22.3 Å². The van der Waals surface area contributed by atoms with E-state index in [1.807, 2.05) is 0 Å². The second kappa shape index (κ2) is 6.11. The molecule has 2 heterocycles. The molecule has 1 aromatic carbocycles. The Labute approximate surface area is 140 Å². The van der Waals surface area contributed by atoms with Crippen LogP contribution in [0, 0.1) is 18.3 Å². The summed E-state index contributed by atoms with van der Waals surface area (Å²) in [7, 11) is -3.83. The standard InChI is InChI=1S/C16H21NO6S/c1-11-2-3-12(15(19)20)6-14(11)24(21,22)17-7-13-8-23-5-4-16(13,9-17)10-18/h2-3,6,13,18H,4-5,7-10H2,1H3,(H,19,20)/t13-,16-/m1/s1. The minimum Gasteiger partial charge on any atom is -0.478 e. The summed E-state index contributed by atoms with van der Waals surface area (Å²) in [5.41, 5.74) is -0.0240. The van der Waals surface area contributed by atoms with Crippen molar-refractivity contribution in [3.63, 3.8) is 0 Å². The Morgan fingerprint density at radius 3 is 2.83 bits per heavy atom.